The van der Waals surface area contributed by atoms with Crippen molar-refractivity contribution in [2.24, 2.45) is 5.84 Å². The van der Waals surface area contributed by atoms with Gasteiger partial charge in [-0.25, -0.2) is 0 Å². The molecule has 0 fully saturated rings. The van der Waals surface area contributed by atoms with Gasteiger partial charge in [0, 0.05) is 18.4 Å². The maximum atomic E-state index is 5.59. The highest BCUT2D eigenvalue weighted by Gasteiger charge is 2.10. The van der Waals surface area contributed by atoms with Crippen LogP contribution >= 0.6 is 0 Å². The molecule has 3 nitrogen and oxygen atoms in total. The molecule has 1 heterocycles. The van der Waals surface area contributed by atoms with Gasteiger partial charge in [-0.15, -0.1) is 0 Å². The van der Waals surface area contributed by atoms with E-state index in [9.17, 15) is 0 Å². The first-order valence-electron chi connectivity index (χ1n) is 5.66. The minimum Gasteiger partial charge on any atom is -0.271 e. The van der Waals surface area contributed by atoms with Crippen molar-refractivity contribution in [3.8, 4) is 0 Å². The molecule has 0 amide bonds. The summed E-state index contributed by atoms with van der Waals surface area (Å²) in [4.78, 5) is 4.09. The second-order valence-electron chi connectivity index (χ2n) is 3.95. The van der Waals surface area contributed by atoms with Gasteiger partial charge in [-0.1, -0.05) is 26.2 Å². The minimum absolute atomic E-state index is 0.263. The normalized spacial score (nSPS) is 12.7. The Hall–Kier alpha value is -0.930. The van der Waals surface area contributed by atoms with Gasteiger partial charge in [0.25, 0.3) is 0 Å². The van der Waals surface area contributed by atoms with Crippen LogP contribution in [-0.4, -0.2) is 4.98 Å². The molecule has 1 atom stereocenters. The molecule has 0 spiro atoms. The fraction of sp³-hybridized carbons (Fsp3) is 0.583. The van der Waals surface area contributed by atoms with E-state index in [4.69, 9.17) is 5.84 Å². The number of pyridine rings is 1. The Balaban J connectivity index is 2.61. The lowest BCUT2D eigenvalue weighted by Gasteiger charge is -2.17. The van der Waals surface area contributed by atoms with Crippen LogP contribution in [0.15, 0.2) is 18.5 Å². The van der Waals surface area contributed by atoms with Gasteiger partial charge in [-0.05, 0) is 30.5 Å². The lowest BCUT2D eigenvalue weighted by atomic mass is 9.99. The van der Waals surface area contributed by atoms with Crippen LogP contribution in [-0.2, 0) is 0 Å². The molecule has 0 saturated carbocycles. The third-order valence-corrected chi connectivity index (χ3v) is 2.74. The van der Waals surface area contributed by atoms with E-state index in [0.717, 1.165) is 6.42 Å². The van der Waals surface area contributed by atoms with Crippen LogP contribution in [0.5, 0.6) is 0 Å². The SMILES string of the molecule is CCCCCC(NN)c1ccncc1C. The van der Waals surface area contributed by atoms with Crippen LogP contribution in [0.1, 0.15) is 49.8 Å². The van der Waals surface area contributed by atoms with Gasteiger partial charge in [0.2, 0.25) is 0 Å². The first-order chi connectivity index (χ1) is 7.29. The molecular formula is C12H21N3. The van der Waals surface area contributed by atoms with E-state index >= 15 is 0 Å². The first kappa shape index (κ1) is 12.1. The zero-order valence-electron chi connectivity index (χ0n) is 9.66. The highest BCUT2D eigenvalue weighted by atomic mass is 15.2. The zero-order valence-corrected chi connectivity index (χ0v) is 9.66. The number of hydrazine groups is 1. The van der Waals surface area contributed by atoms with Gasteiger partial charge in [0.1, 0.15) is 0 Å². The molecule has 3 heteroatoms. The van der Waals surface area contributed by atoms with Crippen LogP contribution in [0.2, 0.25) is 0 Å². The van der Waals surface area contributed by atoms with Crippen LogP contribution in [0.4, 0.5) is 0 Å². The van der Waals surface area contributed by atoms with Gasteiger partial charge >= 0.3 is 0 Å². The number of nitrogens with one attached hydrogen (secondary N) is 1. The first-order valence-corrected chi connectivity index (χ1v) is 5.66. The Labute approximate surface area is 92.1 Å². The topological polar surface area (TPSA) is 50.9 Å². The Morgan fingerprint density at radius 3 is 2.87 bits per heavy atom. The molecule has 84 valence electrons. The predicted molar refractivity (Wildman–Crippen MR) is 63.2 cm³/mol. The second kappa shape index (κ2) is 6.53. The Morgan fingerprint density at radius 1 is 1.47 bits per heavy atom. The molecule has 0 radical (unpaired) electrons. The quantitative estimate of drug-likeness (QED) is 0.428. The zero-order chi connectivity index (χ0) is 11.1. The number of nitrogens with two attached hydrogens (primary N) is 1. The number of aromatic nitrogens is 1. The van der Waals surface area contributed by atoms with Crippen molar-refractivity contribution in [2.45, 2.75) is 45.6 Å². The number of hydrogen-bond donors (Lipinski definition) is 2. The summed E-state index contributed by atoms with van der Waals surface area (Å²) in [5.41, 5.74) is 5.36. The number of rotatable bonds is 6. The summed E-state index contributed by atoms with van der Waals surface area (Å²) >= 11 is 0. The number of aryl methyl sites for hydroxylation is 1. The van der Waals surface area contributed by atoms with Crippen molar-refractivity contribution < 1.29 is 0 Å². The summed E-state index contributed by atoms with van der Waals surface area (Å²) in [6, 6.07) is 2.31. The van der Waals surface area contributed by atoms with Crippen molar-refractivity contribution in [3.05, 3.63) is 29.6 Å². The molecule has 3 N–H and O–H groups in total. The van der Waals surface area contributed by atoms with E-state index in [0.29, 0.717) is 0 Å². The van der Waals surface area contributed by atoms with Gasteiger partial charge in [0.05, 0.1) is 0 Å². The van der Waals surface area contributed by atoms with E-state index in [1.54, 1.807) is 0 Å². The molecule has 1 aromatic rings. The largest absolute Gasteiger partial charge is 0.271 e. The summed E-state index contributed by atoms with van der Waals surface area (Å²) in [5, 5.41) is 0. The van der Waals surface area contributed by atoms with Gasteiger partial charge < -0.3 is 0 Å². The highest BCUT2D eigenvalue weighted by Crippen LogP contribution is 2.21. The Kier molecular flexibility index (Phi) is 5.29. The Bertz CT molecular complexity index is 286. The van der Waals surface area contributed by atoms with Gasteiger partial charge in [0.15, 0.2) is 0 Å². The predicted octanol–water partition coefficient (Wildman–Crippen LogP) is 2.47. The molecule has 1 unspecified atom stereocenters. The third kappa shape index (κ3) is 3.61. The molecule has 15 heavy (non-hydrogen) atoms. The van der Waals surface area contributed by atoms with Gasteiger partial charge in [-0.2, -0.15) is 0 Å². The molecule has 1 aromatic heterocycles. The van der Waals surface area contributed by atoms with Gasteiger partial charge in [-0.3, -0.25) is 16.3 Å². The van der Waals surface area contributed by atoms with Crippen LogP contribution in [0.3, 0.4) is 0 Å². The maximum absolute atomic E-state index is 5.59. The summed E-state index contributed by atoms with van der Waals surface area (Å²) in [5.74, 6) is 5.59. The Morgan fingerprint density at radius 2 is 2.27 bits per heavy atom. The monoisotopic (exact) mass is 207 g/mol. The summed E-state index contributed by atoms with van der Waals surface area (Å²) in [7, 11) is 0. The molecule has 0 aliphatic carbocycles. The standard InChI is InChI=1S/C12H21N3/c1-3-4-5-6-12(15-13)11-7-8-14-9-10(11)2/h7-9,12,15H,3-6,13H2,1-2H3. The van der Waals surface area contributed by atoms with Crippen LogP contribution in [0, 0.1) is 6.92 Å². The second-order valence-corrected chi connectivity index (χ2v) is 3.95. The van der Waals surface area contributed by atoms with E-state index < -0.39 is 0 Å². The fourth-order valence-electron chi connectivity index (χ4n) is 1.80. The van der Waals surface area contributed by atoms with Crippen molar-refractivity contribution in [1.82, 2.24) is 10.4 Å². The third-order valence-electron chi connectivity index (χ3n) is 2.74. The number of hydrogen-bond acceptors (Lipinski definition) is 3. The average molecular weight is 207 g/mol. The van der Waals surface area contributed by atoms with E-state index in [1.807, 2.05) is 18.5 Å². The summed E-state index contributed by atoms with van der Waals surface area (Å²) in [6.07, 6.45) is 8.53. The van der Waals surface area contributed by atoms with Crippen LogP contribution in [0.25, 0.3) is 0 Å². The number of nitrogens with zero attached hydrogens (tertiary/aromatic N) is 1. The van der Waals surface area contributed by atoms with E-state index in [2.05, 4.69) is 24.3 Å². The van der Waals surface area contributed by atoms with Crippen molar-refractivity contribution >= 4 is 0 Å². The summed E-state index contributed by atoms with van der Waals surface area (Å²) < 4.78 is 0. The van der Waals surface area contributed by atoms with Crippen molar-refractivity contribution in [3.63, 3.8) is 0 Å². The molecule has 0 aliphatic heterocycles. The molecule has 1 rings (SSSR count). The smallest absolute Gasteiger partial charge is 0.0463 e. The van der Waals surface area contributed by atoms with Crippen molar-refractivity contribution in [1.29, 1.82) is 0 Å². The highest BCUT2D eigenvalue weighted by molar-refractivity contribution is 5.25. The molecule has 0 saturated heterocycles. The fourth-order valence-corrected chi connectivity index (χ4v) is 1.80. The van der Waals surface area contributed by atoms with E-state index in [-0.39, 0.29) is 6.04 Å². The molecule has 0 aromatic carbocycles. The minimum atomic E-state index is 0.263. The molecular weight excluding hydrogens is 186 g/mol. The maximum Gasteiger partial charge on any atom is 0.0463 e. The lowest BCUT2D eigenvalue weighted by Crippen LogP contribution is -2.28. The molecule has 0 bridgehead atoms. The average Bonchev–Trinajstić information content (AvgIpc) is 2.26. The van der Waals surface area contributed by atoms with Crippen molar-refractivity contribution in [2.75, 3.05) is 0 Å². The number of unbranched alkanes of at least 4 members (excludes halogenated alkanes) is 2. The lowest BCUT2D eigenvalue weighted by molar-refractivity contribution is 0.484. The van der Waals surface area contributed by atoms with Crippen LogP contribution < -0.4 is 11.3 Å². The summed E-state index contributed by atoms with van der Waals surface area (Å²) in [6.45, 7) is 4.29. The molecule has 0 aliphatic rings. The van der Waals surface area contributed by atoms with E-state index in [1.165, 1.54) is 30.4 Å².